The van der Waals surface area contributed by atoms with Crippen molar-refractivity contribution in [3.05, 3.63) is 36.4 Å². The maximum atomic E-state index is 5.36. The van der Waals surface area contributed by atoms with Crippen LogP contribution in [0.15, 0.2) is 36.4 Å². The van der Waals surface area contributed by atoms with E-state index in [1.165, 1.54) is 5.69 Å². The van der Waals surface area contributed by atoms with E-state index >= 15 is 0 Å². The third-order valence-electron chi connectivity index (χ3n) is 5.78. The van der Waals surface area contributed by atoms with E-state index in [0.29, 0.717) is 6.04 Å². The first-order valence-electron chi connectivity index (χ1n) is 9.60. The molecule has 0 saturated carbocycles. The Morgan fingerprint density at radius 1 is 1.11 bits per heavy atom. The van der Waals surface area contributed by atoms with Gasteiger partial charge in [-0.15, -0.1) is 0 Å². The highest BCUT2D eigenvalue weighted by molar-refractivity contribution is 5.94. The van der Waals surface area contributed by atoms with E-state index < -0.39 is 0 Å². The summed E-state index contributed by atoms with van der Waals surface area (Å²) >= 11 is 0. The second-order valence-corrected chi connectivity index (χ2v) is 7.55. The molecule has 2 aromatic carbocycles. The van der Waals surface area contributed by atoms with Crippen LogP contribution in [-0.2, 0) is 0 Å². The number of imidazole rings is 1. The first kappa shape index (κ1) is 17.1. The van der Waals surface area contributed by atoms with Crippen LogP contribution < -0.4 is 9.64 Å². The maximum absolute atomic E-state index is 5.36. The average molecular weight is 376 g/mol. The number of benzene rings is 2. The Labute approximate surface area is 163 Å². The van der Waals surface area contributed by atoms with Gasteiger partial charge in [-0.1, -0.05) is 0 Å². The summed E-state index contributed by atoms with van der Waals surface area (Å²) in [6, 6.07) is 12.9. The summed E-state index contributed by atoms with van der Waals surface area (Å²) in [7, 11) is 3.86. The van der Waals surface area contributed by atoms with Crippen LogP contribution in [0.4, 0.5) is 5.69 Å². The molecule has 7 nitrogen and oxygen atoms in total. The van der Waals surface area contributed by atoms with Gasteiger partial charge in [0.05, 0.1) is 23.7 Å². The number of piperazine rings is 1. The first-order valence-corrected chi connectivity index (χ1v) is 9.60. The fourth-order valence-corrected chi connectivity index (χ4v) is 3.89. The molecule has 2 N–H and O–H groups in total. The first-order chi connectivity index (χ1) is 13.6. The fourth-order valence-electron chi connectivity index (χ4n) is 3.89. The van der Waals surface area contributed by atoms with E-state index in [-0.39, 0.29) is 0 Å². The largest absolute Gasteiger partial charge is 0.497 e. The van der Waals surface area contributed by atoms with Gasteiger partial charge in [-0.2, -0.15) is 5.10 Å². The van der Waals surface area contributed by atoms with Crippen LogP contribution in [0.5, 0.6) is 5.75 Å². The summed E-state index contributed by atoms with van der Waals surface area (Å²) < 4.78 is 5.36. The monoisotopic (exact) mass is 376 g/mol. The molecule has 5 rings (SSSR count). The minimum Gasteiger partial charge on any atom is -0.497 e. The number of likely N-dealkylation sites (N-methyl/N-ethyl adjacent to an activating group) is 1. The molecule has 0 spiro atoms. The Bertz CT molecular complexity index is 1150. The van der Waals surface area contributed by atoms with Crippen LogP contribution in [0.25, 0.3) is 33.5 Å². The van der Waals surface area contributed by atoms with E-state index in [2.05, 4.69) is 57.2 Å². The molecule has 0 radical (unpaired) electrons. The second-order valence-electron chi connectivity index (χ2n) is 7.55. The van der Waals surface area contributed by atoms with Gasteiger partial charge < -0.3 is 19.5 Å². The maximum Gasteiger partial charge on any atom is 0.159 e. The van der Waals surface area contributed by atoms with Gasteiger partial charge in [0.15, 0.2) is 5.82 Å². The molecule has 3 heterocycles. The van der Waals surface area contributed by atoms with Crippen molar-refractivity contribution in [1.29, 1.82) is 0 Å². The minimum absolute atomic E-state index is 0.548. The van der Waals surface area contributed by atoms with Crippen LogP contribution in [-0.4, -0.2) is 64.9 Å². The molecule has 1 atom stereocenters. The lowest BCUT2D eigenvalue weighted by molar-refractivity contribution is 0.234. The number of methoxy groups -OCH3 is 1. The Kier molecular flexibility index (Phi) is 3.98. The topological polar surface area (TPSA) is 73.1 Å². The number of rotatable bonds is 3. The molecule has 1 saturated heterocycles. The van der Waals surface area contributed by atoms with Gasteiger partial charge in [0.1, 0.15) is 11.4 Å². The number of H-pyrrole nitrogens is 2. The van der Waals surface area contributed by atoms with Crippen molar-refractivity contribution < 1.29 is 4.74 Å². The molecular weight excluding hydrogens is 352 g/mol. The molecule has 1 fully saturated rings. The highest BCUT2D eigenvalue weighted by Crippen LogP contribution is 2.30. The van der Waals surface area contributed by atoms with Crippen molar-refractivity contribution in [2.75, 3.05) is 38.7 Å². The Morgan fingerprint density at radius 2 is 2.00 bits per heavy atom. The van der Waals surface area contributed by atoms with E-state index in [9.17, 15) is 0 Å². The smallest absolute Gasteiger partial charge is 0.159 e. The molecule has 1 aliphatic rings. The van der Waals surface area contributed by atoms with E-state index in [1.54, 1.807) is 7.11 Å². The molecule has 4 aromatic rings. The van der Waals surface area contributed by atoms with Crippen molar-refractivity contribution in [3.63, 3.8) is 0 Å². The number of fused-ring (bicyclic) bond motifs is 2. The summed E-state index contributed by atoms with van der Waals surface area (Å²) in [5, 5.41) is 8.54. The predicted octanol–water partition coefficient (Wildman–Crippen LogP) is 3.26. The zero-order valence-electron chi connectivity index (χ0n) is 16.4. The van der Waals surface area contributed by atoms with Crippen molar-refractivity contribution >= 4 is 27.6 Å². The normalized spacial score (nSPS) is 18.2. The molecule has 144 valence electrons. The molecular formula is C21H24N6O. The lowest BCUT2D eigenvalue weighted by Gasteiger charge is -2.39. The average Bonchev–Trinajstić information content (AvgIpc) is 3.32. The summed E-state index contributed by atoms with van der Waals surface area (Å²) in [5.74, 6) is 1.57. The van der Waals surface area contributed by atoms with Crippen molar-refractivity contribution in [3.8, 4) is 17.3 Å². The van der Waals surface area contributed by atoms with Crippen molar-refractivity contribution in [2.24, 2.45) is 0 Å². The summed E-state index contributed by atoms with van der Waals surface area (Å²) in [6.45, 7) is 5.43. The van der Waals surface area contributed by atoms with Crippen LogP contribution in [0.2, 0.25) is 0 Å². The highest BCUT2D eigenvalue weighted by Gasteiger charge is 2.21. The molecule has 7 heteroatoms. The standard InChI is InChI=1S/C21H24N6O/c1-13-12-27(9-8-26(13)2)14-4-6-18-19(10-14)23-21(22-18)20-16-11-15(28-3)5-7-17(16)24-25-20/h4-7,10-11,13H,8-9,12H2,1-3H3,(H,22,23)(H,24,25). The SMILES string of the molecule is COc1ccc2[nH]nc(-c3nc4ccc(N5CCN(C)C(C)C5)cc4[nH]3)c2c1. The van der Waals surface area contributed by atoms with Crippen LogP contribution in [0.3, 0.4) is 0 Å². The number of nitrogens with zero attached hydrogens (tertiary/aromatic N) is 4. The quantitative estimate of drug-likeness (QED) is 0.574. The third kappa shape index (κ3) is 2.79. The predicted molar refractivity (Wildman–Crippen MR) is 112 cm³/mol. The summed E-state index contributed by atoms with van der Waals surface area (Å²) in [6.07, 6.45) is 0. The van der Waals surface area contributed by atoms with Gasteiger partial charge in [-0.3, -0.25) is 5.10 Å². The summed E-state index contributed by atoms with van der Waals surface area (Å²) in [4.78, 5) is 13.1. The zero-order chi connectivity index (χ0) is 19.3. The molecule has 1 unspecified atom stereocenters. The van der Waals surface area contributed by atoms with Crippen molar-refractivity contribution in [2.45, 2.75) is 13.0 Å². The molecule has 0 aliphatic carbocycles. The zero-order valence-corrected chi connectivity index (χ0v) is 16.4. The minimum atomic E-state index is 0.548. The van der Waals surface area contributed by atoms with Crippen molar-refractivity contribution in [1.82, 2.24) is 25.1 Å². The molecule has 28 heavy (non-hydrogen) atoms. The number of hydrogen-bond acceptors (Lipinski definition) is 5. The number of anilines is 1. The van der Waals surface area contributed by atoms with E-state index in [0.717, 1.165) is 58.8 Å². The second kappa shape index (κ2) is 6.53. The Balaban J connectivity index is 1.52. The van der Waals surface area contributed by atoms with Gasteiger partial charge in [-0.25, -0.2) is 4.98 Å². The number of ether oxygens (including phenoxy) is 1. The van der Waals surface area contributed by atoms with Gasteiger partial charge in [0.25, 0.3) is 0 Å². The lowest BCUT2D eigenvalue weighted by Crippen LogP contribution is -2.50. The molecule has 2 aromatic heterocycles. The summed E-state index contributed by atoms with van der Waals surface area (Å²) in [5.41, 5.74) is 4.97. The van der Waals surface area contributed by atoms with Crippen LogP contribution in [0.1, 0.15) is 6.92 Å². The highest BCUT2D eigenvalue weighted by atomic mass is 16.5. The number of nitrogens with one attached hydrogen (secondary N) is 2. The molecule has 0 amide bonds. The van der Waals surface area contributed by atoms with Gasteiger partial charge >= 0.3 is 0 Å². The van der Waals surface area contributed by atoms with E-state index in [4.69, 9.17) is 9.72 Å². The van der Waals surface area contributed by atoms with Crippen LogP contribution >= 0.6 is 0 Å². The number of hydrogen-bond donors (Lipinski definition) is 2. The Morgan fingerprint density at radius 3 is 2.82 bits per heavy atom. The van der Waals surface area contributed by atoms with Gasteiger partial charge in [0.2, 0.25) is 0 Å². The molecule has 0 bridgehead atoms. The Hall–Kier alpha value is -3.06. The van der Waals surface area contributed by atoms with Gasteiger partial charge in [0, 0.05) is 36.7 Å². The van der Waals surface area contributed by atoms with Crippen LogP contribution in [0, 0.1) is 0 Å². The number of aromatic nitrogens is 4. The molecule has 1 aliphatic heterocycles. The fraction of sp³-hybridized carbons (Fsp3) is 0.333. The number of aromatic amines is 2. The third-order valence-corrected chi connectivity index (χ3v) is 5.78. The van der Waals surface area contributed by atoms with Gasteiger partial charge in [-0.05, 0) is 50.4 Å². The van der Waals surface area contributed by atoms with E-state index in [1.807, 2.05) is 18.2 Å². The lowest BCUT2D eigenvalue weighted by atomic mass is 10.1.